The molecule has 3 heterocycles. The fourth-order valence-electron chi connectivity index (χ4n) is 4.34. The average molecular weight is 432 g/mol. The van der Waals surface area contributed by atoms with Crippen molar-refractivity contribution in [2.24, 2.45) is 0 Å². The molecule has 32 heavy (non-hydrogen) atoms. The molecule has 1 aromatic carbocycles. The van der Waals surface area contributed by atoms with Crippen LogP contribution in [-0.4, -0.2) is 39.9 Å². The van der Waals surface area contributed by atoms with Crippen LogP contribution < -0.4 is 20.3 Å². The van der Waals surface area contributed by atoms with E-state index in [4.69, 9.17) is 9.47 Å². The van der Waals surface area contributed by atoms with Crippen molar-refractivity contribution in [2.45, 2.75) is 37.8 Å². The largest absolute Gasteiger partial charge is 0.486 e. The Morgan fingerprint density at radius 3 is 2.56 bits per heavy atom. The first-order valence-electron chi connectivity index (χ1n) is 10.9. The van der Waals surface area contributed by atoms with E-state index in [9.17, 15) is 9.59 Å². The van der Waals surface area contributed by atoms with Crippen LogP contribution >= 0.6 is 0 Å². The van der Waals surface area contributed by atoms with Gasteiger partial charge in [-0.1, -0.05) is 6.07 Å². The van der Waals surface area contributed by atoms with Gasteiger partial charge >= 0.3 is 0 Å². The van der Waals surface area contributed by atoms with Gasteiger partial charge in [0.1, 0.15) is 13.2 Å². The summed E-state index contributed by atoms with van der Waals surface area (Å²) in [6, 6.07) is 12.5. The quantitative estimate of drug-likeness (QED) is 0.681. The number of ether oxygens (including phenoxy) is 2. The minimum atomic E-state index is -0.161. The van der Waals surface area contributed by atoms with Crippen LogP contribution in [0.5, 0.6) is 11.5 Å². The number of rotatable bonds is 4. The molecule has 0 spiro atoms. The van der Waals surface area contributed by atoms with Gasteiger partial charge in [-0.15, -0.1) is 0 Å². The van der Waals surface area contributed by atoms with Crippen LogP contribution in [0.4, 0.5) is 0 Å². The van der Waals surface area contributed by atoms with E-state index in [1.807, 2.05) is 12.1 Å². The van der Waals surface area contributed by atoms with Gasteiger partial charge in [0, 0.05) is 30.1 Å². The fraction of sp³-hybridized carbons (Fsp3) is 0.333. The van der Waals surface area contributed by atoms with E-state index >= 15 is 0 Å². The molecule has 1 aliphatic heterocycles. The number of para-hydroxylation sites is 1. The summed E-state index contributed by atoms with van der Waals surface area (Å²) in [7, 11) is 0. The predicted molar refractivity (Wildman–Crippen MR) is 118 cm³/mol. The second kappa shape index (κ2) is 8.82. The Labute approximate surface area is 185 Å². The summed E-state index contributed by atoms with van der Waals surface area (Å²) in [5.41, 5.74) is 2.06. The zero-order valence-electron chi connectivity index (χ0n) is 17.6. The molecular weight excluding hydrogens is 408 g/mol. The summed E-state index contributed by atoms with van der Waals surface area (Å²) < 4.78 is 12.8. The number of pyridine rings is 1. The van der Waals surface area contributed by atoms with Gasteiger partial charge in [0.05, 0.1) is 17.3 Å². The van der Waals surface area contributed by atoms with Crippen molar-refractivity contribution in [1.82, 2.24) is 20.1 Å². The Bertz CT molecular complexity index is 1170. The molecule has 8 heteroatoms. The Morgan fingerprint density at radius 1 is 0.969 bits per heavy atom. The summed E-state index contributed by atoms with van der Waals surface area (Å²) >= 11 is 0. The fourth-order valence-corrected chi connectivity index (χ4v) is 4.34. The average Bonchev–Trinajstić information content (AvgIpc) is 2.85. The van der Waals surface area contributed by atoms with Crippen molar-refractivity contribution in [3.05, 3.63) is 70.8 Å². The molecule has 1 amide bonds. The molecule has 0 bridgehead atoms. The van der Waals surface area contributed by atoms with Gasteiger partial charge in [0.15, 0.2) is 11.5 Å². The summed E-state index contributed by atoms with van der Waals surface area (Å²) in [6.07, 6.45) is 6.50. The van der Waals surface area contributed by atoms with Gasteiger partial charge in [0.25, 0.3) is 11.5 Å². The van der Waals surface area contributed by atoms with E-state index in [2.05, 4.69) is 15.4 Å². The van der Waals surface area contributed by atoms with Crippen molar-refractivity contribution < 1.29 is 14.3 Å². The van der Waals surface area contributed by atoms with Crippen LogP contribution in [0.25, 0.3) is 11.3 Å². The minimum absolute atomic E-state index is 0.0126. The van der Waals surface area contributed by atoms with Crippen LogP contribution in [0.2, 0.25) is 0 Å². The van der Waals surface area contributed by atoms with Crippen LogP contribution in [0.15, 0.2) is 59.7 Å². The maximum atomic E-state index is 12.9. The third kappa shape index (κ3) is 4.08. The normalized spacial score (nSPS) is 19.9. The molecule has 0 radical (unpaired) electrons. The smallest absolute Gasteiger partial charge is 0.267 e. The maximum Gasteiger partial charge on any atom is 0.267 e. The lowest BCUT2D eigenvalue weighted by molar-refractivity contribution is 0.0910. The highest BCUT2D eigenvalue weighted by molar-refractivity contribution is 5.98. The second-order valence-electron chi connectivity index (χ2n) is 8.05. The van der Waals surface area contributed by atoms with Gasteiger partial charge in [-0.05, 0) is 56.0 Å². The highest BCUT2D eigenvalue weighted by Crippen LogP contribution is 2.34. The van der Waals surface area contributed by atoms with Crippen LogP contribution in [0.3, 0.4) is 0 Å². The number of hydrogen-bond acceptors (Lipinski definition) is 6. The third-order valence-corrected chi connectivity index (χ3v) is 5.99. The van der Waals surface area contributed by atoms with Crippen LogP contribution in [0.1, 0.15) is 42.1 Å². The number of nitrogens with one attached hydrogen (secondary N) is 1. The number of carbonyl (C=O) groups is 1. The van der Waals surface area contributed by atoms with Gasteiger partial charge in [0.2, 0.25) is 0 Å². The number of hydrogen-bond donors (Lipinski definition) is 1. The molecule has 3 aromatic rings. The van der Waals surface area contributed by atoms with E-state index < -0.39 is 0 Å². The lowest BCUT2D eigenvalue weighted by atomic mass is 9.91. The van der Waals surface area contributed by atoms with E-state index in [1.165, 1.54) is 0 Å². The first kappa shape index (κ1) is 20.2. The van der Waals surface area contributed by atoms with Crippen molar-refractivity contribution >= 4 is 5.91 Å². The molecule has 5 rings (SSSR count). The predicted octanol–water partition coefficient (Wildman–Crippen LogP) is 2.99. The lowest BCUT2D eigenvalue weighted by Gasteiger charge is -2.30. The van der Waals surface area contributed by atoms with E-state index in [1.54, 1.807) is 47.4 Å². The molecule has 1 saturated carbocycles. The first-order valence-corrected chi connectivity index (χ1v) is 10.9. The van der Waals surface area contributed by atoms with Gasteiger partial charge < -0.3 is 14.8 Å². The topological polar surface area (TPSA) is 95.3 Å². The maximum absolute atomic E-state index is 12.9. The Hall–Kier alpha value is -3.68. The molecule has 0 unspecified atom stereocenters. The van der Waals surface area contributed by atoms with E-state index in [-0.39, 0.29) is 23.6 Å². The molecule has 0 saturated heterocycles. The molecule has 1 fully saturated rings. The summed E-state index contributed by atoms with van der Waals surface area (Å²) in [5, 5.41) is 7.73. The molecule has 164 valence electrons. The number of fused-ring (bicyclic) bond motifs is 1. The summed E-state index contributed by atoms with van der Waals surface area (Å²) in [4.78, 5) is 29.4. The highest BCUT2D eigenvalue weighted by atomic mass is 16.6. The van der Waals surface area contributed by atoms with Crippen molar-refractivity contribution in [2.75, 3.05) is 13.2 Å². The highest BCUT2D eigenvalue weighted by Gasteiger charge is 2.27. The number of carbonyl (C=O) groups excluding carboxylic acids is 1. The van der Waals surface area contributed by atoms with Gasteiger partial charge in [-0.3, -0.25) is 14.6 Å². The number of benzene rings is 1. The standard InChI is InChI=1S/C24H24N4O4/c29-22-9-8-20(16-10-12-25-13-11-16)27-28(22)18-6-4-17(5-7-18)26-24(30)19-2-1-3-21-23(19)32-15-14-31-21/h1-3,8-13,17-18H,4-7,14-15H2,(H,26,30). The lowest BCUT2D eigenvalue weighted by Crippen LogP contribution is -2.39. The molecule has 2 aromatic heterocycles. The van der Waals surface area contributed by atoms with Crippen LogP contribution in [0, 0.1) is 0 Å². The molecule has 1 N–H and O–H groups in total. The van der Waals surface area contributed by atoms with Crippen LogP contribution in [-0.2, 0) is 0 Å². The number of amides is 1. The Balaban J connectivity index is 1.25. The number of aromatic nitrogens is 3. The minimum Gasteiger partial charge on any atom is -0.486 e. The third-order valence-electron chi connectivity index (χ3n) is 5.99. The second-order valence-corrected chi connectivity index (χ2v) is 8.05. The number of nitrogens with zero attached hydrogens (tertiary/aromatic N) is 3. The Morgan fingerprint density at radius 2 is 1.75 bits per heavy atom. The molecular formula is C24H24N4O4. The van der Waals surface area contributed by atoms with Crippen molar-refractivity contribution in [3.8, 4) is 22.8 Å². The monoisotopic (exact) mass is 432 g/mol. The zero-order chi connectivity index (χ0) is 21.9. The first-order chi connectivity index (χ1) is 15.7. The SMILES string of the molecule is O=C(NC1CCC(n2nc(-c3ccncc3)ccc2=O)CC1)c1cccc2c1OCCO2. The van der Waals surface area contributed by atoms with E-state index in [0.29, 0.717) is 30.3 Å². The van der Waals surface area contributed by atoms with Crippen molar-refractivity contribution in [3.63, 3.8) is 0 Å². The summed E-state index contributed by atoms with van der Waals surface area (Å²) in [6.45, 7) is 0.917. The Kier molecular flexibility index (Phi) is 5.58. The molecule has 8 nitrogen and oxygen atoms in total. The van der Waals surface area contributed by atoms with Gasteiger partial charge in [-0.2, -0.15) is 5.10 Å². The van der Waals surface area contributed by atoms with Crippen molar-refractivity contribution in [1.29, 1.82) is 0 Å². The summed E-state index contributed by atoms with van der Waals surface area (Å²) in [5.74, 6) is 0.950. The zero-order valence-corrected chi connectivity index (χ0v) is 17.6. The molecule has 0 atom stereocenters. The van der Waals surface area contributed by atoms with E-state index in [0.717, 1.165) is 36.9 Å². The van der Waals surface area contributed by atoms with Gasteiger partial charge in [-0.25, -0.2) is 4.68 Å². The molecule has 1 aliphatic carbocycles. The molecule has 2 aliphatic rings.